The molecule has 3 N–H and O–H groups in total. The third kappa shape index (κ3) is 3.74. The van der Waals surface area contributed by atoms with Crippen LogP contribution in [0.4, 0.5) is 5.69 Å². The van der Waals surface area contributed by atoms with Gasteiger partial charge in [-0.05, 0) is 43.5 Å². The fourth-order valence-corrected chi connectivity index (χ4v) is 2.91. The first-order valence-corrected chi connectivity index (χ1v) is 7.61. The van der Waals surface area contributed by atoms with E-state index < -0.39 is 0 Å². The Hall–Kier alpha value is -1.59. The van der Waals surface area contributed by atoms with Crippen LogP contribution in [-0.4, -0.2) is 31.3 Å². The van der Waals surface area contributed by atoms with Gasteiger partial charge in [-0.15, -0.1) is 0 Å². The van der Waals surface area contributed by atoms with Gasteiger partial charge in [-0.3, -0.25) is 4.79 Å². The van der Waals surface area contributed by atoms with E-state index >= 15 is 0 Å². The second-order valence-electron chi connectivity index (χ2n) is 5.89. The fraction of sp³-hybridized carbons (Fsp3) is 0.562. The van der Waals surface area contributed by atoms with E-state index in [0.717, 1.165) is 43.7 Å². The zero-order chi connectivity index (χ0) is 14.7. The second kappa shape index (κ2) is 6.45. The number of carbonyl (C=O) groups is 1. The van der Waals surface area contributed by atoms with Crippen LogP contribution in [0.3, 0.4) is 0 Å². The number of hydrogen-bond acceptors (Lipinski definition) is 4. The van der Waals surface area contributed by atoms with Crippen molar-refractivity contribution in [3.63, 3.8) is 0 Å². The molecule has 0 spiro atoms. The van der Waals surface area contributed by atoms with E-state index in [1.807, 2.05) is 24.3 Å². The summed E-state index contributed by atoms with van der Waals surface area (Å²) in [4.78, 5) is 12.1. The van der Waals surface area contributed by atoms with Crippen LogP contribution >= 0.6 is 0 Å². The summed E-state index contributed by atoms with van der Waals surface area (Å²) in [6.07, 6.45) is 3.68. The maximum atomic E-state index is 12.1. The van der Waals surface area contributed by atoms with Crippen LogP contribution in [0, 0.1) is 5.92 Å². The minimum absolute atomic E-state index is 0.0477. The first-order chi connectivity index (χ1) is 10.2. The largest absolute Gasteiger partial charge is 0.488 e. The fourth-order valence-electron chi connectivity index (χ4n) is 2.91. The van der Waals surface area contributed by atoms with Gasteiger partial charge in [0.1, 0.15) is 11.9 Å². The van der Waals surface area contributed by atoms with Crippen LogP contribution in [0.1, 0.15) is 25.7 Å². The molecular weight excluding hydrogens is 268 g/mol. The first kappa shape index (κ1) is 14.4. The quantitative estimate of drug-likeness (QED) is 0.888. The maximum Gasteiger partial charge on any atom is 0.227 e. The van der Waals surface area contributed by atoms with Crippen molar-refractivity contribution in [2.75, 3.05) is 18.5 Å². The minimum atomic E-state index is 0.0477. The molecule has 1 saturated carbocycles. The summed E-state index contributed by atoms with van der Waals surface area (Å²) in [6.45, 7) is 1.42. The van der Waals surface area contributed by atoms with Crippen molar-refractivity contribution in [3.8, 4) is 5.75 Å². The van der Waals surface area contributed by atoms with E-state index in [-0.39, 0.29) is 24.0 Å². The van der Waals surface area contributed by atoms with Gasteiger partial charge in [0, 0.05) is 24.1 Å². The molecule has 0 aromatic heterocycles. The topological polar surface area (TPSA) is 73.6 Å². The lowest BCUT2D eigenvalue weighted by atomic mass is 10.1. The highest BCUT2D eigenvalue weighted by molar-refractivity contribution is 5.92. The molecule has 3 atom stereocenters. The van der Waals surface area contributed by atoms with Gasteiger partial charge >= 0.3 is 0 Å². The molecule has 1 aliphatic heterocycles. The molecule has 0 bridgehead atoms. The number of rotatable bonds is 4. The maximum absolute atomic E-state index is 12.1. The molecule has 1 saturated heterocycles. The van der Waals surface area contributed by atoms with Crippen molar-refractivity contribution in [2.24, 2.45) is 11.7 Å². The van der Waals surface area contributed by atoms with Gasteiger partial charge in [0.05, 0.1) is 13.2 Å². The van der Waals surface area contributed by atoms with Gasteiger partial charge in [-0.1, -0.05) is 0 Å². The standard InChI is InChI=1S/C16H22N2O3/c17-12-2-1-11(9-12)16(19)18-13-3-5-14(6-4-13)21-15-7-8-20-10-15/h3-6,11-12,15H,1-2,7-10,17H2,(H,18,19). The first-order valence-electron chi connectivity index (χ1n) is 7.61. The van der Waals surface area contributed by atoms with E-state index in [1.54, 1.807) is 0 Å². The SMILES string of the molecule is NC1CCC(C(=O)Nc2ccc(OC3CCOC3)cc2)C1. The van der Waals surface area contributed by atoms with Crippen LogP contribution in [-0.2, 0) is 9.53 Å². The predicted molar refractivity (Wildman–Crippen MR) is 80.2 cm³/mol. The average Bonchev–Trinajstić information content (AvgIpc) is 3.12. The lowest BCUT2D eigenvalue weighted by molar-refractivity contribution is -0.119. The van der Waals surface area contributed by atoms with Gasteiger partial charge in [-0.25, -0.2) is 0 Å². The highest BCUT2D eigenvalue weighted by Gasteiger charge is 2.27. The monoisotopic (exact) mass is 290 g/mol. The Balaban J connectivity index is 1.53. The Kier molecular flexibility index (Phi) is 4.41. The van der Waals surface area contributed by atoms with Crippen LogP contribution in [0.15, 0.2) is 24.3 Å². The highest BCUT2D eigenvalue weighted by atomic mass is 16.5. The Morgan fingerprint density at radius 3 is 2.67 bits per heavy atom. The number of hydrogen-bond donors (Lipinski definition) is 2. The second-order valence-corrected chi connectivity index (χ2v) is 5.89. The van der Waals surface area contributed by atoms with Crippen molar-refractivity contribution in [3.05, 3.63) is 24.3 Å². The Morgan fingerprint density at radius 2 is 2.05 bits per heavy atom. The molecule has 3 rings (SSSR count). The minimum Gasteiger partial charge on any atom is -0.488 e. The lowest BCUT2D eigenvalue weighted by Crippen LogP contribution is -2.23. The number of nitrogens with one attached hydrogen (secondary N) is 1. The zero-order valence-electron chi connectivity index (χ0n) is 12.1. The van der Waals surface area contributed by atoms with Gasteiger partial charge in [0.2, 0.25) is 5.91 Å². The van der Waals surface area contributed by atoms with E-state index in [1.165, 1.54) is 0 Å². The molecule has 2 fully saturated rings. The molecule has 114 valence electrons. The van der Waals surface area contributed by atoms with Gasteiger partial charge in [0.25, 0.3) is 0 Å². The van der Waals surface area contributed by atoms with Crippen LogP contribution in [0.25, 0.3) is 0 Å². The number of nitrogens with two attached hydrogens (primary N) is 1. The number of carbonyl (C=O) groups excluding carboxylic acids is 1. The molecule has 3 unspecified atom stereocenters. The third-order valence-electron chi connectivity index (χ3n) is 4.16. The van der Waals surface area contributed by atoms with Crippen molar-refractivity contribution in [1.29, 1.82) is 0 Å². The van der Waals surface area contributed by atoms with Crippen LogP contribution in [0.5, 0.6) is 5.75 Å². The van der Waals surface area contributed by atoms with Crippen LogP contribution < -0.4 is 15.8 Å². The summed E-state index contributed by atoms with van der Waals surface area (Å²) in [5.74, 6) is 0.929. The van der Waals surface area contributed by atoms with E-state index in [0.29, 0.717) is 6.61 Å². The Labute approximate surface area is 124 Å². The normalized spacial score (nSPS) is 28.5. The molecule has 1 aromatic rings. The smallest absolute Gasteiger partial charge is 0.227 e. The molecule has 21 heavy (non-hydrogen) atoms. The van der Waals surface area contributed by atoms with E-state index in [9.17, 15) is 4.79 Å². The molecule has 0 radical (unpaired) electrons. The summed E-state index contributed by atoms with van der Waals surface area (Å²) < 4.78 is 11.1. The van der Waals surface area contributed by atoms with Crippen LogP contribution in [0.2, 0.25) is 0 Å². The summed E-state index contributed by atoms with van der Waals surface area (Å²) in [5.41, 5.74) is 6.65. The summed E-state index contributed by atoms with van der Waals surface area (Å²) in [5, 5.41) is 2.95. The Morgan fingerprint density at radius 1 is 1.24 bits per heavy atom. The summed E-state index contributed by atoms with van der Waals surface area (Å²) in [7, 11) is 0. The van der Waals surface area contributed by atoms with Crippen molar-refractivity contribution in [1.82, 2.24) is 0 Å². The molecule has 5 heteroatoms. The third-order valence-corrected chi connectivity index (χ3v) is 4.16. The average molecular weight is 290 g/mol. The zero-order valence-corrected chi connectivity index (χ0v) is 12.1. The molecule has 1 heterocycles. The molecular formula is C16H22N2O3. The molecule has 1 amide bonds. The molecule has 1 aliphatic carbocycles. The van der Waals surface area contributed by atoms with Gasteiger partial charge in [0.15, 0.2) is 0 Å². The number of amides is 1. The molecule has 2 aliphatic rings. The van der Waals surface area contributed by atoms with Crippen molar-refractivity contribution < 1.29 is 14.3 Å². The summed E-state index contributed by atoms with van der Waals surface area (Å²) in [6, 6.07) is 7.68. The van der Waals surface area contributed by atoms with Crippen molar-refractivity contribution >= 4 is 11.6 Å². The number of benzene rings is 1. The Bertz CT molecular complexity index is 483. The highest BCUT2D eigenvalue weighted by Crippen LogP contribution is 2.26. The molecule has 5 nitrogen and oxygen atoms in total. The van der Waals surface area contributed by atoms with Crippen molar-refractivity contribution in [2.45, 2.75) is 37.8 Å². The number of ether oxygens (including phenoxy) is 2. The summed E-state index contributed by atoms with van der Waals surface area (Å²) >= 11 is 0. The van der Waals surface area contributed by atoms with Gasteiger partial charge in [-0.2, -0.15) is 0 Å². The molecule has 1 aromatic carbocycles. The van der Waals surface area contributed by atoms with Gasteiger partial charge < -0.3 is 20.5 Å². The van der Waals surface area contributed by atoms with E-state index in [2.05, 4.69) is 5.32 Å². The predicted octanol–water partition coefficient (Wildman–Crippen LogP) is 1.92. The number of anilines is 1. The lowest BCUT2D eigenvalue weighted by Gasteiger charge is -2.13. The van der Waals surface area contributed by atoms with E-state index in [4.69, 9.17) is 15.2 Å².